The summed E-state index contributed by atoms with van der Waals surface area (Å²) in [5, 5.41) is 0. The molecule has 0 aromatic heterocycles. The van der Waals surface area contributed by atoms with E-state index < -0.39 is 0 Å². The summed E-state index contributed by atoms with van der Waals surface area (Å²) < 4.78 is 0. The molecule has 0 aromatic rings. The van der Waals surface area contributed by atoms with Gasteiger partial charge in [0.05, 0.1) is 0 Å². The van der Waals surface area contributed by atoms with Gasteiger partial charge in [0, 0.05) is 16.5 Å². The Morgan fingerprint density at radius 3 is 0.526 bits per heavy atom. The van der Waals surface area contributed by atoms with Crippen molar-refractivity contribution in [2.24, 2.45) is 0 Å². The molecule has 0 saturated heterocycles. The normalized spacial score (nSPS) is 6.32. The van der Waals surface area contributed by atoms with Gasteiger partial charge in [-0.05, 0) is 0 Å². The van der Waals surface area contributed by atoms with Crippen LogP contribution in [0.25, 0.3) is 22.9 Å². The van der Waals surface area contributed by atoms with E-state index in [0.717, 1.165) is 0 Å². The fourth-order valence-electron chi connectivity index (χ4n) is 0. The topological polar surface area (TPSA) is 95.2 Å². The van der Waals surface area contributed by atoms with Crippen LogP contribution in [0, 0.1) is 0 Å². The molecule has 0 aliphatic carbocycles. The zero-order chi connectivity index (χ0) is 13.7. The summed E-state index contributed by atoms with van der Waals surface area (Å²) >= 11 is 17.5. The Bertz CT molecular complexity index is 60.0. The molecule has 130 valence electrons. The molecule has 0 atom stereocenters. The second-order valence-electron chi connectivity index (χ2n) is 1.82. The molecule has 0 amide bonds. The Kier molecular flexibility index (Phi) is 159. The standard InChI is InChI=1S/4C2H6NS.3Ni/c4*3-1-2-4;;;/h4*3-4H,1-2H2;;;/q4*-1;;2*+2/p-4. The van der Waals surface area contributed by atoms with Crippen LogP contribution in [0.4, 0.5) is 0 Å². The summed E-state index contributed by atoms with van der Waals surface area (Å²) in [4.78, 5) is 0. The van der Waals surface area contributed by atoms with E-state index in [1.54, 1.807) is 0 Å². The van der Waals surface area contributed by atoms with Crippen LogP contribution in [-0.2, 0) is 100.0 Å². The molecule has 0 bridgehead atoms. The van der Waals surface area contributed by atoms with Crippen LogP contribution in [0.2, 0.25) is 0 Å². The van der Waals surface area contributed by atoms with Gasteiger partial charge in [0.25, 0.3) is 0 Å². The summed E-state index contributed by atoms with van der Waals surface area (Å²) in [7, 11) is 0. The van der Waals surface area contributed by atoms with Crippen molar-refractivity contribution in [3.8, 4) is 0 Å². The van der Waals surface area contributed by atoms with Crippen molar-refractivity contribution in [1.29, 1.82) is 0 Å². The van der Waals surface area contributed by atoms with E-state index in [9.17, 15) is 0 Å². The Balaban J connectivity index is -0.0000000192. The first-order chi connectivity index (χ1) is 7.66. The van der Waals surface area contributed by atoms with Crippen molar-refractivity contribution in [3.63, 3.8) is 0 Å². The van der Waals surface area contributed by atoms with E-state index in [1.807, 2.05) is 0 Å². The molecule has 11 heteroatoms. The van der Waals surface area contributed by atoms with Crippen LogP contribution in [-0.4, -0.2) is 49.2 Å². The van der Waals surface area contributed by atoms with Gasteiger partial charge in [0.1, 0.15) is 0 Å². The Morgan fingerprint density at radius 2 is 0.526 bits per heavy atom. The molecular formula is C8H20N4Ni3S4-4. The molecule has 0 aliphatic rings. The molecule has 4 N–H and O–H groups in total. The molecule has 19 heavy (non-hydrogen) atoms. The average molecular weight is 477 g/mol. The fourth-order valence-corrected chi connectivity index (χ4v) is 0. The second-order valence-corrected chi connectivity index (χ2v) is 3.45. The molecule has 0 radical (unpaired) electrons. The summed E-state index contributed by atoms with van der Waals surface area (Å²) in [6.45, 7) is 1.54. The van der Waals surface area contributed by atoms with Gasteiger partial charge in [0.15, 0.2) is 0 Å². The SMILES string of the molecule is [NH-]CC[S-].[NH-]CC[S-].[NH-]CC[S-].[NH-]CC[S-].[Ni+2].[Ni+2].[Ni]. The predicted octanol–water partition coefficient (Wildman–Crippen LogP) is 2.33. The van der Waals surface area contributed by atoms with Gasteiger partial charge in [-0.15, -0.1) is 0 Å². The smallest absolute Gasteiger partial charge is 0.794 e. The van der Waals surface area contributed by atoms with Crippen molar-refractivity contribution in [2.45, 2.75) is 0 Å². The molecule has 0 aromatic carbocycles. The molecule has 0 spiro atoms. The minimum atomic E-state index is 0. The van der Waals surface area contributed by atoms with E-state index in [4.69, 9.17) is 22.9 Å². The largest absolute Gasteiger partial charge is 2.00 e. The maximum atomic E-state index is 6.35. The van der Waals surface area contributed by atoms with Crippen LogP contribution in [0.3, 0.4) is 0 Å². The molecule has 0 saturated carbocycles. The van der Waals surface area contributed by atoms with E-state index >= 15 is 0 Å². The van der Waals surface area contributed by atoms with Crippen LogP contribution in [0.15, 0.2) is 0 Å². The van der Waals surface area contributed by atoms with Gasteiger partial charge in [-0.3, -0.25) is 0 Å². The number of hydrogen-bond donors (Lipinski definition) is 0. The molecule has 0 aliphatic heterocycles. The molecule has 0 unspecified atom stereocenters. The van der Waals surface area contributed by atoms with Gasteiger partial charge >= 0.3 is 33.0 Å². The third-order valence-electron chi connectivity index (χ3n) is 0.408. The van der Waals surface area contributed by atoms with E-state index in [-0.39, 0.29) is 49.5 Å². The molecule has 4 nitrogen and oxygen atoms in total. The Morgan fingerprint density at radius 1 is 0.474 bits per heavy atom. The predicted molar refractivity (Wildman–Crippen MR) is 85.7 cm³/mol. The van der Waals surface area contributed by atoms with Crippen molar-refractivity contribution in [2.75, 3.05) is 49.2 Å². The third-order valence-corrected chi connectivity index (χ3v) is 1.22. The minimum absolute atomic E-state index is 0. The monoisotopic (exact) mass is 474 g/mol. The maximum absolute atomic E-state index is 6.35. The zero-order valence-electron chi connectivity index (χ0n) is 10.2. The van der Waals surface area contributed by atoms with Crippen LogP contribution in [0.5, 0.6) is 0 Å². The van der Waals surface area contributed by atoms with Gasteiger partial charge < -0.3 is 73.4 Å². The maximum Gasteiger partial charge on any atom is 2.00 e. The number of hydrogen-bond acceptors (Lipinski definition) is 4. The third kappa shape index (κ3) is 161. The van der Waals surface area contributed by atoms with Gasteiger partial charge in [0.2, 0.25) is 0 Å². The van der Waals surface area contributed by atoms with Crippen molar-refractivity contribution in [1.82, 2.24) is 0 Å². The first-order valence-electron chi connectivity index (χ1n) is 4.57. The van der Waals surface area contributed by atoms with E-state index in [0.29, 0.717) is 49.2 Å². The molecule has 0 fully saturated rings. The van der Waals surface area contributed by atoms with Crippen molar-refractivity contribution in [3.05, 3.63) is 22.9 Å². The molecule has 0 rings (SSSR count). The van der Waals surface area contributed by atoms with Gasteiger partial charge in [-0.1, -0.05) is 0 Å². The van der Waals surface area contributed by atoms with Gasteiger partial charge in [-0.25, -0.2) is 0 Å². The fraction of sp³-hybridized carbons (Fsp3) is 1.00. The molecular weight excluding hydrogens is 456 g/mol. The Hall–Kier alpha value is 2.72. The van der Waals surface area contributed by atoms with E-state index in [1.165, 1.54) is 0 Å². The quantitative estimate of drug-likeness (QED) is 0.460. The first kappa shape index (κ1) is 43.0. The second kappa shape index (κ2) is 70.1. The summed E-state index contributed by atoms with van der Waals surface area (Å²) in [6.07, 6.45) is 0. The van der Waals surface area contributed by atoms with Gasteiger partial charge in [-0.2, -0.15) is 49.2 Å². The Labute approximate surface area is 170 Å². The van der Waals surface area contributed by atoms with E-state index in [2.05, 4.69) is 50.5 Å². The summed E-state index contributed by atoms with van der Waals surface area (Å²) in [6, 6.07) is 0. The summed E-state index contributed by atoms with van der Waals surface area (Å²) in [5.74, 6) is 2.28. The van der Waals surface area contributed by atoms with Crippen LogP contribution >= 0.6 is 0 Å². The first-order valence-corrected chi connectivity index (χ1v) is 6.88. The average Bonchev–Trinajstić information content (AvgIpc) is 2.39. The van der Waals surface area contributed by atoms with Crippen molar-refractivity contribution >= 4 is 50.5 Å². The minimum Gasteiger partial charge on any atom is -0.794 e. The molecule has 0 heterocycles. The summed E-state index contributed by atoms with van der Waals surface area (Å²) in [5.41, 5.74) is 25.4. The van der Waals surface area contributed by atoms with Crippen molar-refractivity contribution < 1.29 is 49.5 Å². The zero-order valence-corrected chi connectivity index (χ0v) is 16.5. The number of rotatable bonds is 4. The van der Waals surface area contributed by atoms with Crippen LogP contribution in [0.1, 0.15) is 0 Å². The number of nitrogens with one attached hydrogen (secondary N) is 4. The van der Waals surface area contributed by atoms with Crippen LogP contribution < -0.4 is 0 Å².